The van der Waals surface area contributed by atoms with Gasteiger partial charge < -0.3 is 9.72 Å². The van der Waals surface area contributed by atoms with E-state index in [0.29, 0.717) is 17.3 Å². The zero-order valence-electron chi connectivity index (χ0n) is 6.96. The second-order valence-corrected chi connectivity index (χ2v) is 2.66. The molecule has 0 atom stereocenters. The van der Waals surface area contributed by atoms with Crippen molar-refractivity contribution in [3.63, 3.8) is 0 Å². The van der Waals surface area contributed by atoms with Gasteiger partial charge in [0.15, 0.2) is 10.7 Å². The fourth-order valence-electron chi connectivity index (χ4n) is 0.768. The third-order valence-electron chi connectivity index (χ3n) is 1.42. The lowest BCUT2D eigenvalue weighted by atomic mass is 10.6. The van der Waals surface area contributed by atoms with Gasteiger partial charge >= 0.3 is 0 Å². The number of aromatic amines is 1. The van der Waals surface area contributed by atoms with Gasteiger partial charge in [0.1, 0.15) is 0 Å². The van der Waals surface area contributed by atoms with Gasteiger partial charge in [0.25, 0.3) is 5.56 Å². The Balaban J connectivity index is 3.22. The molecule has 1 heterocycles. The SMILES string of the molecule is CCOc1cc(=O)n(C)c(=S)[nH]1. The molecule has 0 bridgehead atoms. The summed E-state index contributed by atoms with van der Waals surface area (Å²) in [7, 11) is 1.61. The van der Waals surface area contributed by atoms with Crippen LogP contribution in [0.3, 0.4) is 0 Å². The normalized spacial score (nSPS) is 9.83. The summed E-state index contributed by atoms with van der Waals surface area (Å²) in [5.41, 5.74) is -0.165. The maximum atomic E-state index is 11.1. The van der Waals surface area contributed by atoms with Crippen LogP contribution in [0.5, 0.6) is 5.88 Å². The molecule has 0 saturated heterocycles. The Kier molecular flexibility index (Phi) is 2.65. The number of ether oxygens (including phenoxy) is 1. The summed E-state index contributed by atoms with van der Waals surface area (Å²) in [6.07, 6.45) is 0. The van der Waals surface area contributed by atoms with Crippen LogP contribution in [0.2, 0.25) is 0 Å². The highest BCUT2D eigenvalue weighted by Gasteiger charge is 1.96. The summed E-state index contributed by atoms with van der Waals surface area (Å²) in [6.45, 7) is 2.35. The van der Waals surface area contributed by atoms with Gasteiger partial charge in [-0.15, -0.1) is 0 Å². The van der Waals surface area contributed by atoms with Crippen LogP contribution < -0.4 is 10.3 Å². The van der Waals surface area contributed by atoms with Gasteiger partial charge in [-0.05, 0) is 19.1 Å². The maximum Gasteiger partial charge on any atom is 0.257 e. The van der Waals surface area contributed by atoms with E-state index < -0.39 is 0 Å². The molecule has 0 fully saturated rings. The average molecular weight is 186 g/mol. The first kappa shape index (κ1) is 8.99. The molecule has 0 spiro atoms. The second-order valence-electron chi connectivity index (χ2n) is 2.27. The summed E-state index contributed by atoms with van der Waals surface area (Å²) < 4.78 is 6.80. The molecule has 1 aromatic rings. The predicted molar refractivity (Wildman–Crippen MR) is 48.0 cm³/mol. The molecule has 0 radical (unpaired) electrons. The van der Waals surface area contributed by atoms with Crippen molar-refractivity contribution in [3.05, 3.63) is 21.2 Å². The second kappa shape index (κ2) is 3.53. The summed E-state index contributed by atoms with van der Waals surface area (Å²) in [6, 6.07) is 1.37. The number of rotatable bonds is 2. The van der Waals surface area contributed by atoms with Crippen LogP contribution in [0.1, 0.15) is 6.92 Å². The van der Waals surface area contributed by atoms with E-state index in [4.69, 9.17) is 17.0 Å². The lowest BCUT2D eigenvalue weighted by Gasteiger charge is -2.03. The lowest BCUT2D eigenvalue weighted by Crippen LogP contribution is -2.17. The van der Waals surface area contributed by atoms with Gasteiger partial charge in [0.2, 0.25) is 0 Å². The zero-order valence-corrected chi connectivity index (χ0v) is 7.77. The lowest BCUT2D eigenvalue weighted by molar-refractivity contribution is 0.324. The highest BCUT2D eigenvalue weighted by atomic mass is 32.1. The first-order valence-electron chi connectivity index (χ1n) is 3.58. The van der Waals surface area contributed by atoms with Crippen LogP contribution in [0.25, 0.3) is 0 Å². The highest BCUT2D eigenvalue weighted by Crippen LogP contribution is 1.99. The molecule has 0 unspecified atom stereocenters. The van der Waals surface area contributed by atoms with E-state index >= 15 is 0 Å². The molecule has 4 nitrogen and oxygen atoms in total. The van der Waals surface area contributed by atoms with Crippen molar-refractivity contribution in [3.8, 4) is 5.88 Å². The Hall–Kier alpha value is -1.10. The standard InChI is InChI=1S/C7H10N2O2S/c1-3-11-5-4-6(10)9(2)7(12)8-5/h4H,3H2,1-2H3,(H,8,12). The molecule has 1 rings (SSSR count). The third kappa shape index (κ3) is 1.73. The largest absolute Gasteiger partial charge is 0.479 e. The molecule has 0 aliphatic heterocycles. The first-order valence-corrected chi connectivity index (χ1v) is 3.99. The fourth-order valence-corrected chi connectivity index (χ4v) is 0.958. The van der Waals surface area contributed by atoms with Crippen molar-refractivity contribution >= 4 is 12.2 Å². The molecular weight excluding hydrogens is 176 g/mol. The summed E-state index contributed by atoms with van der Waals surface area (Å²) in [5.74, 6) is 0.422. The fraction of sp³-hybridized carbons (Fsp3) is 0.429. The van der Waals surface area contributed by atoms with Gasteiger partial charge in [0.05, 0.1) is 12.7 Å². The molecule has 1 N–H and O–H groups in total. The Labute approximate surface area is 74.8 Å². The molecular formula is C7H10N2O2S. The van der Waals surface area contributed by atoms with E-state index in [9.17, 15) is 4.79 Å². The first-order chi connectivity index (χ1) is 5.65. The van der Waals surface area contributed by atoms with Crippen molar-refractivity contribution in [1.29, 1.82) is 0 Å². The van der Waals surface area contributed by atoms with Crippen molar-refractivity contribution in [2.75, 3.05) is 6.61 Å². The molecule has 5 heteroatoms. The van der Waals surface area contributed by atoms with E-state index in [0.717, 1.165) is 0 Å². The molecule has 0 saturated carbocycles. The molecule has 1 aromatic heterocycles. The van der Waals surface area contributed by atoms with Crippen LogP contribution in [-0.2, 0) is 7.05 Å². The molecule has 0 aliphatic rings. The maximum absolute atomic E-state index is 11.1. The van der Waals surface area contributed by atoms with E-state index in [1.807, 2.05) is 6.92 Å². The molecule has 0 amide bonds. The summed E-state index contributed by atoms with van der Waals surface area (Å²) >= 11 is 4.87. The summed E-state index contributed by atoms with van der Waals surface area (Å²) in [4.78, 5) is 13.9. The Bertz CT molecular complexity index is 348. The van der Waals surface area contributed by atoms with E-state index in [-0.39, 0.29) is 5.56 Å². The van der Waals surface area contributed by atoms with Gasteiger partial charge in [-0.3, -0.25) is 9.36 Å². The summed E-state index contributed by atoms with van der Waals surface area (Å²) in [5, 5.41) is 0. The van der Waals surface area contributed by atoms with Crippen molar-refractivity contribution in [1.82, 2.24) is 9.55 Å². The van der Waals surface area contributed by atoms with E-state index in [2.05, 4.69) is 4.98 Å². The molecule has 0 aliphatic carbocycles. The van der Waals surface area contributed by atoms with Gasteiger partial charge in [0, 0.05) is 7.05 Å². The van der Waals surface area contributed by atoms with Crippen LogP contribution in [0.15, 0.2) is 10.9 Å². The minimum atomic E-state index is -0.165. The minimum Gasteiger partial charge on any atom is -0.479 e. The molecule has 12 heavy (non-hydrogen) atoms. The van der Waals surface area contributed by atoms with Crippen molar-refractivity contribution in [2.45, 2.75) is 6.92 Å². The Morgan fingerprint density at radius 2 is 2.42 bits per heavy atom. The van der Waals surface area contributed by atoms with Crippen LogP contribution in [0, 0.1) is 4.77 Å². The highest BCUT2D eigenvalue weighted by molar-refractivity contribution is 7.71. The van der Waals surface area contributed by atoms with Crippen molar-refractivity contribution in [2.24, 2.45) is 7.05 Å². The number of aromatic nitrogens is 2. The number of nitrogens with zero attached hydrogens (tertiary/aromatic N) is 1. The van der Waals surface area contributed by atoms with Gasteiger partial charge in [-0.25, -0.2) is 0 Å². The molecule has 0 aromatic carbocycles. The van der Waals surface area contributed by atoms with Gasteiger partial charge in [-0.1, -0.05) is 0 Å². The zero-order chi connectivity index (χ0) is 9.14. The minimum absolute atomic E-state index is 0.165. The quantitative estimate of drug-likeness (QED) is 0.696. The van der Waals surface area contributed by atoms with Crippen LogP contribution in [-0.4, -0.2) is 16.2 Å². The van der Waals surface area contributed by atoms with E-state index in [1.54, 1.807) is 7.05 Å². The predicted octanol–water partition coefficient (Wildman–Crippen LogP) is 0.842. The monoisotopic (exact) mass is 186 g/mol. The number of hydrogen-bond acceptors (Lipinski definition) is 3. The third-order valence-corrected chi connectivity index (χ3v) is 1.80. The average Bonchev–Trinajstić information content (AvgIpc) is 2.01. The smallest absolute Gasteiger partial charge is 0.257 e. The van der Waals surface area contributed by atoms with Crippen molar-refractivity contribution < 1.29 is 4.74 Å². The number of nitrogens with one attached hydrogen (secondary N) is 1. The number of hydrogen-bond donors (Lipinski definition) is 1. The Morgan fingerprint density at radius 3 is 2.92 bits per heavy atom. The Morgan fingerprint density at radius 1 is 1.75 bits per heavy atom. The topological polar surface area (TPSA) is 47.0 Å². The van der Waals surface area contributed by atoms with Gasteiger partial charge in [-0.2, -0.15) is 0 Å². The van der Waals surface area contributed by atoms with Crippen LogP contribution in [0.4, 0.5) is 0 Å². The van der Waals surface area contributed by atoms with E-state index in [1.165, 1.54) is 10.6 Å². The van der Waals surface area contributed by atoms with Crippen LogP contribution >= 0.6 is 12.2 Å². The molecule has 66 valence electrons. The number of H-pyrrole nitrogens is 1.